The Kier molecular flexibility index (Phi) is 4.47. The summed E-state index contributed by atoms with van der Waals surface area (Å²) < 4.78 is 1.88. The van der Waals surface area contributed by atoms with E-state index < -0.39 is 0 Å². The van der Waals surface area contributed by atoms with E-state index in [0.717, 1.165) is 16.8 Å². The first kappa shape index (κ1) is 15.0. The van der Waals surface area contributed by atoms with Crippen LogP contribution in [0.3, 0.4) is 0 Å². The van der Waals surface area contributed by atoms with Crippen LogP contribution in [0.5, 0.6) is 0 Å². The molecule has 0 saturated carbocycles. The molecular formula is C18H18N4O. The summed E-state index contributed by atoms with van der Waals surface area (Å²) in [7, 11) is 0. The van der Waals surface area contributed by atoms with Crippen LogP contribution in [0.15, 0.2) is 67.3 Å². The van der Waals surface area contributed by atoms with E-state index in [1.807, 2.05) is 66.1 Å². The van der Waals surface area contributed by atoms with Crippen LogP contribution in [-0.4, -0.2) is 20.7 Å². The fourth-order valence-electron chi connectivity index (χ4n) is 2.41. The number of nitrogens with zero attached hydrogens (tertiary/aromatic N) is 3. The highest BCUT2D eigenvalue weighted by Gasteiger charge is 2.14. The van der Waals surface area contributed by atoms with Crippen molar-refractivity contribution in [2.45, 2.75) is 19.4 Å². The Morgan fingerprint density at radius 2 is 1.83 bits per heavy atom. The van der Waals surface area contributed by atoms with Gasteiger partial charge in [-0.25, -0.2) is 0 Å². The zero-order valence-corrected chi connectivity index (χ0v) is 12.9. The highest BCUT2D eigenvalue weighted by atomic mass is 16.1. The Morgan fingerprint density at radius 3 is 2.57 bits per heavy atom. The Morgan fingerprint density at radius 1 is 1.09 bits per heavy atom. The fraction of sp³-hybridized carbons (Fsp3) is 0.167. The molecule has 23 heavy (non-hydrogen) atoms. The third kappa shape index (κ3) is 3.83. The maximum atomic E-state index is 12.4. The van der Waals surface area contributed by atoms with Gasteiger partial charge in [0.25, 0.3) is 0 Å². The molecule has 3 rings (SSSR count). The molecule has 1 atom stereocenters. The van der Waals surface area contributed by atoms with Crippen LogP contribution in [-0.2, 0) is 11.3 Å². The summed E-state index contributed by atoms with van der Waals surface area (Å²) >= 11 is 0. The van der Waals surface area contributed by atoms with E-state index in [2.05, 4.69) is 15.5 Å². The highest BCUT2D eigenvalue weighted by molar-refractivity contribution is 5.95. The van der Waals surface area contributed by atoms with Crippen molar-refractivity contribution in [2.24, 2.45) is 0 Å². The van der Waals surface area contributed by atoms with Crippen molar-refractivity contribution in [1.29, 1.82) is 0 Å². The lowest BCUT2D eigenvalue weighted by Crippen LogP contribution is -2.18. The molecule has 0 unspecified atom stereocenters. The van der Waals surface area contributed by atoms with Gasteiger partial charge in [-0.05, 0) is 30.2 Å². The number of anilines is 1. The van der Waals surface area contributed by atoms with Crippen LogP contribution < -0.4 is 5.32 Å². The standard InChI is InChI=1S/C18H18N4O/c1-14(16-7-3-2-4-8-16)18(23)21-17-9-5-6-15(10-17)11-22-12-19-20-13-22/h2-10,12-14H,11H2,1H3,(H,21,23)/t14-/m1/s1. The minimum absolute atomic E-state index is 0.0161. The molecule has 2 aromatic carbocycles. The van der Waals surface area contributed by atoms with E-state index in [1.165, 1.54) is 0 Å². The van der Waals surface area contributed by atoms with E-state index in [1.54, 1.807) is 12.7 Å². The van der Waals surface area contributed by atoms with Gasteiger partial charge >= 0.3 is 0 Å². The molecule has 0 aliphatic carbocycles. The van der Waals surface area contributed by atoms with Crippen LogP contribution in [0.25, 0.3) is 0 Å². The van der Waals surface area contributed by atoms with Gasteiger partial charge in [-0.2, -0.15) is 0 Å². The van der Waals surface area contributed by atoms with Gasteiger partial charge in [-0.3, -0.25) is 4.79 Å². The largest absolute Gasteiger partial charge is 0.326 e. The van der Waals surface area contributed by atoms with Crippen LogP contribution in [0.1, 0.15) is 24.0 Å². The van der Waals surface area contributed by atoms with Crippen molar-refractivity contribution in [3.63, 3.8) is 0 Å². The number of nitrogens with one attached hydrogen (secondary N) is 1. The Balaban J connectivity index is 1.69. The predicted octanol–water partition coefficient (Wildman–Crippen LogP) is 3.07. The molecule has 0 fully saturated rings. The van der Waals surface area contributed by atoms with Crippen LogP contribution in [0, 0.1) is 0 Å². The number of carbonyl (C=O) groups excluding carboxylic acids is 1. The summed E-state index contributed by atoms with van der Waals surface area (Å²) in [6, 6.07) is 17.6. The van der Waals surface area contributed by atoms with Gasteiger partial charge in [-0.15, -0.1) is 10.2 Å². The second kappa shape index (κ2) is 6.87. The molecule has 1 heterocycles. The smallest absolute Gasteiger partial charge is 0.231 e. The Labute approximate surface area is 135 Å². The monoisotopic (exact) mass is 306 g/mol. The molecule has 0 bridgehead atoms. The second-order valence-corrected chi connectivity index (χ2v) is 5.46. The van der Waals surface area contributed by atoms with Gasteiger partial charge in [0, 0.05) is 5.69 Å². The van der Waals surface area contributed by atoms with Crippen molar-refractivity contribution in [3.8, 4) is 0 Å². The predicted molar refractivity (Wildman–Crippen MR) is 89.1 cm³/mol. The van der Waals surface area contributed by atoms with Crippen molar-refractivity contribution in [3.05, 3.63) is 78.4 Å². The lowest BCUT2D eigenvalue weighted by atomic mass is 10.0. The van der Waals surface area contributed by atoms with Gasteiger partial charge in [0.05, 0.1) is 12.5 Å². The van der Waals surface area contributed by atoms with Crippen LogP contribution >= 0.6 is 0 Å². The fourth-order valence-corrected chi connectivity index (χ4v) is 2.41. The first-order chi connectivity index (χ1) is 11.2. The minimum atomic E-state index is -0.197. The summed E-state index contributed by atoms with van der Waals surface area (Å²) in [5.41, 5.74) is 2.88. The molecule has 1 aromatic heterocycles. The molecule has 0 aliphatic heterocycles. The zero-order valence-electron chi connectivity index (χ0n) is 12.9. The number of benzene rings is 2. The number of amides is 1. The van der Waals surface area contributed by atoms with E-state index in [-0.39, 0.29) is 11.8 Å². The maximum absolute atomic E-state index is 12.4. The summed E-state index contributed by atoms with van der Waals surface area (Å²) in [6.07, 6.45) is 3.34. The summed E-state index contributed by atoms with van der Waals surface area (Å²) in [5.74, 6) is -0.213. The third-order valence-electron chi connectivity index (χ3n) is 3.72. The van der Waals surface area contributed by atoms with Crippen LogP contribution in [0.2, 0.25) is 0 Å². The average molecular weight is 306 g/mol. The summed E-state index contributed by atoms with van der Waals surface area (Å²) in [4.78, 5) is 12.4. The van der Waals surface area contributed by atoms with Crippen molar-refractivity contribution < 1.29 is 4.79 Å². The zero-order chi connectivity index (χ0) is 16.1. The molecule has 5 heteroatoms. The van der Waals surface area contributed by atoms with E-state index in [9.17, 15) is 4.79 Å². The first-order valence-corrected chi connectivity index (χ1v) is 7.49. The van der Waals surface area contributed by atoms with Gasteiger partial charge in [0.2, 0.25) is 5.91 Å². The normalized spacial score (nSPS) is 11.9. The molecule has 1 N–H and O–H groups in total. The number of carbonyl (C=O) groups is 1. The molecule has 5 nitrogen and oxygen atoms in total. The third-order valence-corrected chi connectivity index (χ3v) is 3.72. The molecule has 0 spiro atoms. The molecular weight excluding hydrogens is 288 g/mol. The van der Waals surface area contributed by atoms with Crippen molar-refractivity contribution in [1.82, 2.24) is 14.8 Å². The maximum Gasteiger partial charge on any atom is 0.231 e. The lowest BCUT2D eigenvalue weighted by molar-refractivity contribution is -0.117. The molecule has 0 radical (unpaired) electrons. The van der Waals surface area contributed by atoms with E-state index >= 15 is 0 Å². The molecule has 3 aromatic rings. The quantitative estimate of drug-likeness (QED) is 0.788. The van der Waals surface area contributed by atoms with Gasteiger partial charge in [0.1, 0.15) is 12.7 Å². The molecule has 0 saturated heterocycles. The number of hydrogen-bond donors (Lipinski definition) is 1. The van der Waals surface area contributed by atoms with Gasteiger partial charge in [-0.1, -0.05) is 42.5 Å². The van der Waals surface area contributed by atoms with E-state index in [0.29, 0.717) is 6.54 Å². The van der Waals surface area contributed by atoms with Gasteiger partial charge in [0.15, 0.2) is 0 Å². The topological polar surface area (TPSA) is 59.8 Å². The van der Waals surface area contributed by atoms with E-state index in [4.69, 9.17) is 0 Å². The van der Waals surface area contributed by atoms with Crippen molar-refractivity contribution >= 4 is 11.6 Å². The second-order valence-electron chi connectivity index (χ2n) is 5.46. The average Bonchev–Trinajstić information content (AvgIpc) is 3.08. The van der Waals surface area contributed by atoms with Gasteiger partial charge < -0.3 is 9.88 Å². The lowest BCUT2D eigenvalue weighted by Gasteiger charge is -2.13. The SMILES string of the molecule is C[C@@H](C(=O)Nc1cccc(Cn2cnnc2)c1)c1ccccc1. The number of hydrogen-bond acceptors (Lipinski definition) is 3. The Hall–Kier alpha value is -2.95. The number of rotatable bonds is 5. The number of aromatic nitrogens is 3. The van der Waals surface area contributed by atoms with Crippen molar-refractivity contribution in [2.75, 3.05) is 5.32 Å². The summed E-state index contributed by atoms with van der Waals surface area (Å²) in [6.45, 7) is 2.58. The van der Waals surface area contributed by atoms with Crippen LogP contribution in [0.4, 0.5) is 5.69 Å². The molecule has 1 amide bonds. The Bertz CT molecular complexity index is 769. The highest BCUT2D eigenvalue weighted by Crippen LogP contribution is 2.18. The minimum Gasteiger partial charge on any atom is -0.326 e. The summed E-state index contributed by atoms with van der Waals surface area (Å²) in [5, 5.41) is 10.6. The molecule has 116 valence electrons. The molecule has 0 aliphatic rings. The first-order valence-electron chi connectivity index (χ1n) is 7.49.